The van der Waals surface area contributed by atoms with Gasteiger partial charge >= 0.3 is 0 Å². The average Bonchev–Trinajstić information content (AvgIpc) is 2.36. The molecule has 0 aliphatic carbocycles. The molecule has 0 radical (unpaired) electrons. The number of rotatable bonds is 3. The Morgan fingerprint density at radius 1 is 0.923 bits per heavy atom. The van der Waals surface area contributed by atoms with Crippen LogP contribution in [0.15, 0.2) is 0 Å². The van der Waals surface area contributed by atoms with Crippen molar-refractivity contribution in [1.82, 2.24) is 4.57 Å². The van der Waals surface area contributed by atoms with Gasteiger partial charge in [-0.15, -0.1) is 0 Å². The second kappa shape index (κ2) is 3.73. The van der Waals surface area contributed by atoms with Crippen LogP contribution in [0, 0.1) is 0 Å². The molecule has 1 heterocycles. The third-order valence-electron chi connectivity index (χ3n) is 2.44. The Bertz CT molecular complexity index is 275. The molecule has 3 heteroatoms. The highest BCUT2D eigenvalue weighted by molar-refractivity contribution is 5.45. The number of aromatic hydroxyl groups is 2. The number of hydrogen-bond acceptors (Lipinski definition) is 2. The minimum atomic E-state index is 0.222. The zero-order chi connectivity index (χ0) is 10.0. The molecule has 3 nitrogen and oxygen atoms in total. The fourth-order valence-corrected chi connectivity index (χ4v) is 1.74. The number of nitrogens with zero attached hydrogens (tertiary/aromatic N) is 1. The van der Waals surface area contributed by atoms with Crippen LogP contribution in [0.4, 0.5) is 0 Å². The smallest absolute Gasteiger partial charge is 0.197 e. The van der Waals surface area contributed by atoms with Crippen LogP contribution >= 0.6 is 0 Å². The van der Waals surface area contributed by atoms with E-state index in [1.807, 2.05) is 20.8 Å². The molecule has 0 aliphatic rings. The summed E-state index contributed by atoms with van der Waals surface area (Å²) in [6, 6.07) is 0. The molecule has 13 heavy (non-hydrogen) atoms. The third-order valence-corrected chi connectivity index (χ3v) is 2.44. The van der Waals surface area contributed by atoms with E-state index in [4.69, 9.17) is 0 Å². The summed E-state index contributed by atoms with van der Waals surface area (Å²) in [5.74, 6) is 0.443. The van der Waals surface area contributed by atoms with Crippen LogP contribution in [0.25, 0.3) is 0 Å². The summed E-state index contributed by atoms with van der Waals surface area (Å²) in [5, 5.41) is 19.4. The molecule has 0 amide bonds. The minimum Gasteiger partial charge on any atom is -0.494 e. The summed E-state index contributed by atoms with van der Waals surface area (Å²) in [5.41, 5.74) is 1.75. The maximum absolute atomic E-state index is 9.72. The SMILES string of the molecule is CCc1c(CC)c(O)n(CC)c1O. The number of hydrogen-bond donors (Lipinski definition) is 2. The van der Waals surface area contributed by atoms with Crippen molar-refractivity contribution in [3.05, 3.63) is 11.1 Å². The lowest BCUT2D eigenvalue weighted by molar-refractivity contribution is 0.370. The molecule has 74 valence electrons. The standard InChI is InChI=1S/C10H17NO2/c1-4-7-8(5-2)10(13)11(6-3)9(7)12/h12-13H,4-6H2,1-3H3. The van der Waals surface area contributed by atoms with E-state index < -0.39 is 0 Å². The molecular weight excluding hydrogens is 166 g/mol. The van der Waals surface area contributed by atoms with Gasteiger partial charge in [-0.1, -0.05) is 13.8 Å². The monoisotopic (exact) mass is 183 g/mol. The van der Waals surface area contributed by atoms with E-state index in [0.29, 0.717) is 6.54 Å². The Morgan fingerprint density at radius 3 is 1.54 bits per heavy atom. The lowest BCUT2D eigenvalue weighted by Gasteiger charge is -2.01. The van der Waals surface area contributed by atoms with Gasteiger partial charge in [0.05, 0.1) is 0 Å². The van der Waals surface area contributed by atoms with E-state index in [1.54, 1.807) is 0 Å². The predicted octanol–water partition coefficient (Wildman–Crippen LogP) is 2.04. The first-order valence-corrected chi connectivity index (χ1v) is 4.79. The van der Waals surface area contributed by atoms with Gasteiger partial charge in [0.15, 0.2) is 11.8 Å². The molecule has 0 fully saturated rings. The normalized spacial score (nSPS) is 10.7. The molecule has 0 saturated carbocycles. The predicted molar refractivity (Wildman–Crippen MR) is 52.2 cm³/mol. The Kier molecular flexibility index (Phi) is 2.86. The summed E-state index contributed by atoms with van der Waals surface area (Å²) < 4.78 is 1.54. The average molecular weight is 183 g/mol. The molecule has 1 aromatic rings. The van der Waals surface area contributed by atoms with E-state index in [1.165, 1.54) is 4.57 Å². The van der Waals surface area contributed by atoms with Gasteiger partial charge in [-0.3, -0.25) is 4.57 Å². The quantitative estimate of drug-likeness (QED) is 0.753. The van der Waals surface area contributed by atoms with E-state index in [9.17, 15) is 10.2 Å². The second-order valence-electron chi connectivity index (χ2n) is 3.06. The van der Waals surface area contributed by atoms with Gasteiger partial charge in [-0.05, 0) is 19.8 Å². The largest absolute Gasteiger partial charge is 0.494 e. The van der Waals surface area contributed by atoms with Crippen molar-refractivity contribution in [2.45, 2.75) is 40.2 Å². The van der Waals surface area contributed by atoms with Gasteiger partial charge < -0.3 is 10.2 Å². The highest BCUT2D eigenvalue weighted by Crippen LogP contribution is 2.34. The van der Waals surface area contributed by atoms with Gasteiger partial charge in [0.1, 0.15) is 0 Å². The maximum atomic E-state index is 9.72. The molecule has 1 aromatic heterocycles. The first-order valence-electron chi connectivity index (χ1n) is 4.79. The third kappa shape index (κ3) is 1.39. The molecule has 0 saturated heterocycles. The first kappa shape index (κ1) is 9.96. The van der Waals surface area contributed by atoms with Crippen LogP contribution in [-0.4, -0.2) is 14.8 Å². The van der Waals surface area contributed by atoms with Gasteiger partial charge in [0, 0.05) is 17.7 Å². The molecule has 0 bridgehead atoms. The van der Waals surface area contributed by atoms with E-state index in [-0.39, 0.29) is 11.8 Å². The Labute approximate surface area is 78.6 Å². The van der Waals surface area contributed by atoms with Crippen LogP contribution in [0.3, 0.4) is 0 Å². The number of aromatic nitrogens is 1. The molecule has 0 aromatic carbocycles. The molecular formula is C10H17NO2. The minimum absolute atomic E-state index is 0.222. The highest BCUT2D eigenvalue weighted by atomic mass is 16.3. The van der Waals surface area contributed by atoms with Gasteiger partial charge in [0.2, 0.25) is 0 Å². The van der Waals surface area contributed by atoms with Crippen molar-refractivity contribution >= 4 is 0 Å². The van der Waals surface area contributed by atoms with Crippen LogP contribution in [-0.2, 0) is 19.4 Å². The van der Waals surface area contributed by atoms with Crippen molar-refractivity contribution in [2.75, 3.05) is 0 Å². The summed E-state index contributed by atoms with van der Waals surface area (Å²) in [6.07, 6.45) is 1.52. The topological polar surface area (TPSA) is 45.4 Å². The lowest BCUT2D eigenvalue weighted by Crippen LogP contribution is -1.92. The van der Waals surface area contributed by atoms with Gasteiger partial charge in [-0.2, -0.15) is 0 Å². The molecule has 1 rings (SSSR count). The molecule has 0 aliphatic heterocycles. The van der Waals surface area contributed by atoms with Gasteiger partial charge in [-0.25, -0.2) is 0 Å². The molecule has 2 N–H and O–H groups in total. The summed E-state index contributed by atoms with van der Waals surface area (Å²) in [7, 11) is 0. The fraction of sp³-hybridized carbons (Fsp3) is 0.600. The molecule has 0 spiro atoms. The van der Waals surface area contributed by atoms with Crippen molar-refractivity contribution < 1.29 is 10.2 Å². The second-order valence-corrected chi connectivity index (χ2v) is 3.06. The summed E-state index contributed by atoms with van der Waals surface area (Å²) >= 11 is 0. The summed E-state index contributed by atoms with van der Waals surface area (Å²) in [6.45, 7) is 6.46. The fourth-order valence-electron chi connectivity index (χ4n) is 1.74. The summed E-state index contributed by atoms with van der Waals surface area (Å²) in [4.78, 5) is 0. The zero-order valence-electron chi connectivity index (χ0n) is 8.46. The van der Waals surface area contributed by atoms with Crippen molar-refractivity contribution in [3.63, 3.8) is 0 Å². The van der Waals surface area contributed by atoms with Crippen molar-refractivity contribution in [3.8, 4) is 11.8 Å². The Morgan fingerprint density at radius 2 is 1.31 bits per heavy atom. The Balaban J connectivity index is 3.33. The van der Waals surface area contributed by atoms with E-state index in [2.05, 4.69) is 0 Å². The Hall–Kier alpha value is -1.12. The van der Waals surface area contributed by atoms with E-state index in [0.717, 1.165) is 24.0 Å². The molecule has 0 unspecified atom stereocenters. The maximum Gasteiger partial charge on any atom is 0.197 e. The van der Waals surface area contributed by atoms with Crippen molar-refractivity contribution in [2.24, 2.45) is 0 Å². The molecule has 0 atom stereocenters. The van der Waals surface area contributed by atoms with Crippen LogP contribution in [0.1, 0.15) is 31.9 Å². The zero-order valence-corrected chi connectivity index (χ0v) is 8.46. The lowest BCUT2D eigenvalue weighted by atomic mass is 10.1. The van der Waals surface area contributed by atoms with E-state index >= 15 is 0 Å². The van der Waals surface area contributed by atoms with Crippen LogP contribution < -0.4 is 0 Å². The van der Waals surface area contributed by atoms with Crippen LogP contribution in [0.2, 0.25) is 0 Å². The first-order chi connectivity index (χ1) is 6.17. The van der Waals surface area contributed by atoms with Crippen LogP contribution in [0.5, 0.6) is 11.8 Å². The van der Waals surface area contributed by atoms with Gasteiger partial charge in [0.25, 0.3) is 0 Å². The van der Waals surface area contributed by atoms with Crippen molar-refractivity contribution in [1.29, 1.82) is 0 Å². The highest BCUT2D eigenvalue weighted by Gasteiger charge is 2.18.